The highest BCUT2D eigenvalue weighted by Gasteiger charge is 2.34. The summed E-state index contributed by atoms with van der Waals surface area (Å²) in [5.41, 5.74) is 0.895. The van der Waals surface area contributed by atoms with Crippen molar-refractivity contribution in [2.45, 2.75) is 18.3 Å². The van der Waals surface area contributed by atoms with Crippen LogP contribution in [0.2, 0.25) is 0 Å². The third-order valence-corrected chi connectivity index (χ3v) is 5.60. The molecule has 1 aliphatic heterocycles. The van der Waals surface area contributed by atoms with Crippen LogP contribution in [0.15, 0.2) is 12.4 Å². The van der Waals surface area contributed by atoms with Gasteiger partial charge < -0.3 is 9.47 Å². The molecule has 0 N–H and O–H groups in total. The summed E-state index contributed by atoms with van der Waals surface area (Å²) in [6.45, 7) is 2.94. The number of morpholine rings is 1. The summed E-state index contributed by atoms with van der Waals surface area (Å²) in [6.07, 6.45) is 3.29. The largest absolute Gasteiger partial charge is 0.383 e. The van der Waals surface area contributed by atoms with E-state index in [0.29, 0.717) is 19.7 Å². The van der Waals surface area contributed by atoms with Crippen molar-refractivity contribution in [3.8, 4) is 0 Å². The summed E-state index contributed by atoms with van der Waals surface area (Å²) < 4.78 is 38.6. The number of ether oxygens (including phenoxy) is 2. The van der Waals surface area contributed by atoms with Gasteiger partial charge in [-0.1, -0.05) is 0 Å². The molecule has 0 amide bonds. The number of nitrogens with zero attached hydrogens (tertiary/aromatic N) is 3. The molecule has 1 aromatic heterocycles. The highest BCUT2D eigenvalue weighted by molar-refractivity contribution is 7.89. The summed E-state index contributed by atoms with van der Waals surface area (Å²) in [7, 11) is -0.0325. The number of aryl methyl sites for hydroxylation is 1. The molecule has 114 valence electrons. The Morgan fingerprint density at radius 1 is 1.60 bits per heavy atom. The Kier molecular flexibility index (Phi) is 4.79. The zero-order valence-corrected chi connectivity index (χ0v) is 12.8. The molecule has 1 aromatic rings. The molecule has 0 radical (unpaired) electrons. The first-order valence-electron chi connectivity index (χ1n) is 6.53. The molecule has 0 saturated carbocycles. The van der Waals surface area contributed by atoms with Gasteiger partial charge in [0.2, 0.25) is 10.0 Å². The van der Waals surface area contributed by atoms with E-state index >= 15 is 0 Å². The number of rotatable bonds is 5. The van der Waals surface area contributed by atoms with Crippen LogP contribution < -0.4 is 0 Å². The van der Waals surface area contributed by atoms with Gasteiger partial charge in [-0.05, 0) is 6.92 Å². The third-order valence-electron chi connectivity index (χ3n) is 3.40. The van der Waals surface area contributed by atoms with Gasteiger partial charge in [-0.25, -0.2) is 8.42 Å². The van der Waals surface area contributed by atoms with Crippen molar-refractivity contribution >= 4 is 10.0 Å². The van der Waals surface area contributed by atoms with Crippen molar-refractivity contribution in [1.29, 1.82) is 0 Å². The summed E-state index contributed by atoms with van der Waals surface area (Å²) in [5, 5.41) is 3.54. The Bertz CT molecular complexity index is 543. The molecule has 2 atom stereocenters. The monoisotopic (exact) mass is 303 g/mol. The van der Waals surface area contributed by atoms with E-state index in [4.69, 9.17) is 9.47 Å². The second-order valence-electron chi connectivity index (χ2n) is 4.98. The van der Waals surface area contributed by atoms with Crippen LogP contribution in [0.25, 0.3) is 0 Å². The van der Waals surface area contributed by atoms with Crippen molar-refractivity contribution in [3.05, 3.63) is 18.0 Å². The van der Waals surface area contributed by atoms with Gasteiger partial charge in [0, 0.05) is 39.0 Å². The van der Waals surface area contributed by atoms with Crippen LogP contribution in [-0.4, -0.2) is 61.2 Å². The Morgan fingerprint density at radius 2 is 2.35 bits per heavy atom. The van der Waals surface area contributed by atoms with Gasteiger partial charge in [-0.2, -0.15) is 9.40 Å². The second kappa shape index (κ2) is 6.21. The highest BCUT2D eigenvalue weighted by Crippen LogP contribution is 2.24. The SMILES string of the molecule is COC[C@H](C)S(=O)(=O)N1CCO[C@H](c2cnn(C)c2)C1. The minimum Gasteiger partial charge on any atom is -0.383 e. The number of methoxy groups -OCH3 is 1. The number of aromatic nitrogens is 2. The Hall–Kier alpha value is -0.960. The molecular formula is C12H21N3O4S. The summed E-state index contributed by atoms with van der Waals surface area (Å²) >= 11 is 0. The van der Waals surface area contributed by atoms with Crippen LogP contribution in [0.1, 0.15) is 18.6 Å². The van der Waals surface area contributed by atoms with Crippen molar-refractivity contribution in [2.24, 2.45) is 7.05 Å². The summed E-state index contributed by atoms with van der Waals surface area (Å²) in [4.78, 5) is 0. The van der Waals surface area contributed by atoms with E-state index in [9.17, 15) is 8.42 Å². The third kappa shape index (κ3) is 3.20. The predicted octanol–water partition coefficient (Wildman–Crippen LogP) is 0.158. The zero-order valence-electron chi connectivity index (χ0n) is 12.0. The van der Waals surface area contributed by atoms with E-state index in [2.05, 4.69) is 5.10 Å². The molecule has 0 aliphatic carbocycles. The van der Waals surface area contributed by atoms with E-state index < -0.39 is 15.3 Å². The molecule has 1 fully saturated rings. The van der Waals surface area contributed by atoms with Gasteiger partial charge in [-0.3, -0.25) is 4.68 Å². The number of hydrogen-bond donors (Lipinski definition) is 0. The minimum absolute atomic E-state index is 0.192. The minimum atomic E-state index is -3.36. The maximum absolute atomic E-state index is 12.4. The molecule has 2 heterocycles. The van der Waals surface area contributed by atoms with Crippen molar-refractivity contribution in [2.75, 3.05) is 33.4 Å². The van der Waals surface area contributed by atoms with Gasteiger partial charge in [0.1, 0.15) is 0 Å². The molecule has 8 heteroatoms. The van der Waals surface area contributed by atoms with Crippen LogP contribution in [-0.2, 0) is 26.5 Å². The molecule has 1 saturated heterocycles. The lowest BCUT2D eigenvalue weighted by Crippen LogP contribution is -2.46. The first-order chi connectivity index (χ1) is 9.45. The van der Waals surface area contributed by atoms with E-state index in [-0.39, 0.29) is 12.7 Å². The van der Waals surface area contributed by atoms with Gasteiger partial charge in [0.15, 0.2) is 0 Å². The van der Waals surface area contributed by atoms with Crippen LogP contribution >= 0.6 is 0 Å². The molecule has 1 aliphatic rings. The van der Waals surface area contributed by atoms with Crippen LogP contribution in [0.5, 0.6) is 0 Å². The fourth-order valence-electron chi connectivity index (χ4n) is 2.24. The van der Waals surface area contributed by atoms with Gasteiger partial charge in [-0.15, -0.1) is 0 Å². The smallest absolute Gasteiger partial charge is 0.219 e. The zero-order chi connectivity index (χ0) is 14.8. The van der Waals surface area contributed by atoms with Crippen molar-refractivity contribution in [1.82, 2.24) is 14.1 Å². The first-order valence-corrected chi connectivity index (χ1v) is 8.03. The highest BCUT2D eigenvalue weighted by atomic mass is 32.2. The lowest BCUT2D eigenvalue weighted by atomic mass is 10.2. The van der Waals surface area contributed by atoms with Crippen LogP contribution in [0.3, 0.4) is 0 Å². The fourth-order valence-corrected chi connectivity index (χ4v) is 3.73. The molecule has 0 aromatic carbocycles. The Morgan fingerprint density at radius 3 is 2.95 bits per heavy atom. The quantitative estimate of drug-likeness (QED) is 0.774. The number of hydrogen-bond acceptors (Lipinski definition) is 5. The molecule has 7 nitrogen and oxygen atoms in total. The average molecular weight is 303 g/mol. The maximum atomic E-state index is 12.4. The molecule has 0 unspecified atom stereocenters. The lowest BCUT2D eigenvalue weighted by Gasteiger charge is -2.33. The van der Waals surface area contributed by atoms with Gasteiger partial charge in [0.05, 0.1) is 30.8 Å². The first kappa shape index (κ1) is 15.4. The van der Waals surface area contributed by atoms with Crippen molar-refractivity contribution in [3.63, 3.8) is 0 Å². The van der Waals surface area contributed by atoms with Crippen molar-refractivity contribution < 1.29 is 17.9 Å². The molecule has 20 heavy (non-hydrogen) atoms. The Balaban J connectivity index is 2.10. The maximum Gasteiger partial charge on any atom is 0.219 e. The summed E-state index contributed by atoms with van der Waals surface area (Å²) in [6, 6.07) is 0. The molecule has 0 bridgehead atoms. The fraction of sp³-hybridized carbons (Fsp3) is 0.750. The normalized spacial score (nSPS) is 22.9. The molecular weight excluding hydrogens is 282 g/mol. The standard InChI is InChI=1S/C12H21N3O4S/c1-10(9-18-3)20(16,17)15-4-5-19-12(8-15)11-6-13-14(2)7-11/h6-7,10,12H,4-5,8-9H2,1-3H3/t10-,12-/m0/s1. The van der Waals surface area contributed by atoms with E-state index in [1.54, 1.807) is 17.8 Å². The van der Waals surface area contributed by atoms with E-state index in [1.165, 1.54) is 11.4 Å². The molecule has 0 spiro atoms. The van der Waals surface area contributed by atoms with Gasteiger partial charge in [0.25, 0.3) is 0 Å². The summed E-state index contributed by atoms with van der Waals surface area (Å²) in [5.74, 6) is 0. The van der Waals surface area contributed by atoms with Crippen LogP contribution in [0, 0.1) is 0 Å². The molecule has 2 rings (SSSR count). The predicted molar refractivity (Wildman–Crippen MR) is 73.7 cm³/mol. The van der Waals surface area contributed by atoms with E-state index in [0.717, 1.165) is 5.56 Å². The average Bonchev–Trinajstić information content (AvgIpc) is 2.86. The lowest BCUT2D eigenvalue weighted by molar-refractivity contribution is -0.00307. The van der Waals surface area contributed by atoms with E-state index in [1.807, 2.05) is 13.2 Å². The topological polar surface area (TPSA) is 73.7 Å². The van der Waals surface area contributed by atoms with Crippen LogP contribution in [0.4, 0.5) is 0 Å². The Labute approximate surface area is 119 Å². The van der Waals surface area contributed by atoms with Gasteiger partial charge >= 0.3 is 0 Å². The number of sulfonamides is 1. The second-order valence-corrected chi connectivity index (χ2v) is 7.33.